The van der Waals surface area contributed by atoms with Crippen molar-refractivity contribution in [2.45, 2.75) is 39.2 Å². The first-order valence-corrected chi connectivity index (χ1v) is 6.58. The van der Waals surface area contributed by atoms with E-state index in [1.165, 1.54) is 0 Å². The fraction of sp³-hybridized carbons (Fsp3) is 0.833. The molecular formula is C12H21NO3S. The van der Waals surface area contributed by atoms with Gasteiger partial charge in [0.2, 0.25) is 0 Å². The van der Waals surface area contributed by atoms with Crippen LogP contribution in [0.25, 0.3) is 0 Å². The molecule has 0 bridgehead atoms. The molecule has 1 saturated heterocycles. The van der Waals surface area contributed by atoms with Crippen LogP contribution in [0, 0.1) is 5.92 Å². The molecule has 4 nitrogen and oxygen atoms in total. The minimum Gasteiger partial charge on any atom is -0.444 e. The molecule has 0 radical (unpaired) electrons. The molecule has 5 heteroatoms. The Bertz CT molecular complexity index is 299. The number of hydrogen-bond donors (Lipinski definition) is 1. The van der Waals surface area contributed by atoms with Crippen LogP contribution in [-0.2, 0) is 9.53 Å². The minimum atomic E-state index is -0.489. The van der Waals surface area contributed by atoms with Gasteiger partial charge in [0.25, 0.3) is 0 Å². The Morgan fingerprint density at radius 2 is 2.06 bits per heavy atom. The normalized spacial score (nSPS) is 21.2. The number of carbonyl (C=O) groups is 2. The molecule has 98 valence electrons. The zero-order chi connectivity index (χ0) is 13.1. The highest BCUT2D eigenvalue weighted by molar-refractivity contribution is 7.81. The zero-order valence-electron chi connectivity index (χ0n) is 10.7. The Hall–Kier alpha value is -0.710. The highest BCUT2D eigenvalue weighted by Crippen LogP contribution is 2.20. The predicted molar refractivity (Wildman–Crippen MR) is 69.4 cm³/mol. The van der Waals surface area contributed by atoms with Crippen LogP contribution in [0.1, 0.15) is 33.6 Å². The largest absolute Gasteiger partial charge is 0.444 e. The number of ketones is 1. The van der Waals surface area contributed by atoms with Gasteiger partial charge in [-0.3, -0.25) is 4.79 Å². The first kappa shape index (κ1) is 14.4. The Balaban J connectivity index is 2.55. The first-order chi connectivity index (χ1) is 7.83. The lowest BCUT2D eigenvalue weighted by atomic mass is 9.95. The summed E-state index contributed by atoms with van der Waals surface area (Å²) in [6.07, 6.45) is 1.37. The summed E-state index contributed by atoms with van der Waals surface area (Å²) >= 11 is 3.99. The summed E-state index contributed by atoms with van der Waals surface area (Å²) in [5.74, 6) is 0.280. The Labute approximate surface area is 108 Å². The number of piperidine rings is 1. The second kappa shape index (κ2) is 5.76. The highest BCUT2D eigenvalue weighted by Gasteiger charge is 2.30. The van der Waals surface area contributed by atoms with E-state index < -0.39 is 5.60 Å². The second-order valence-electron chi connectivity index (χ2n) is 5.39. The van der Waals surface area contributed by atoms with Crippen LogP contribution in [0.3, 0.4) is 0 Å². The molecule has 1 rings (SSSR count). The summed E-state index contributed by atoms with van der Waals surface area (Å²) in [6, 6.07) is 0. The maximum Gasteiger partial charge on any atom is 0.410 e. The average Bonchev–Trinajstić information content (AvgIpc) is 2.26. The summed E-state index contributed by atoms with van der Waals surface area (Å²) in [7, 11) is 0. The number of carbonyl (C=O) groups excluding carboxylic acids is 2. The number of thiol groups is 1. The van der Waals surface area contributed by atoms with Gasteiger partial charge < -0.3 is 9.64 Å². The molecule has 1 atom stereocenters. The first-order valence-electron chi connectivity index (χ1n) is 5.95. The van der Waals surface area contributed by atoms with Crippen molar-refractivity contribution in [3.8, 4) is 0 Å². The van der Waals surface area contributed by atoms with Crippen molar-refractivity contribution >= 4 is 24.5 Å². The molecule has 0 unspecified atom stereocenters. The number of hydrogen-bond acceptors (Lipinski definition) is 4. The third kappa shape index (κ3) is 4.58. The van der Waals surface area contributed by atoms with Crippen molar-refractivity contribution in [2.75, 3.05) is 18.8 Å². The van der Waals surface area contributed by atoms with E-state index in [9.17, 15) is 9.59 Å². The van der Waals surface area contributed by atoms with Gasteiger partial charge in [0.1, 0.15) is 11.4 Å². The van der Waals surface area contributed by atoms with E-state index >= 15 is 0 Å². The number of Topliss-reactive ketones (excluding diaryl/α,β-unsaturated/α-hetero) is 1. The number of rotatable bonds is 2. The molecule has 17 heavy (non-hydrogen) atoms. The molecule has 0 N–H and O–H groups in total. The van der Waals surface area contributed by atoms with Crippen molar-refractivity contribution in [2.24, 2.45) is 5.92 Å². The van der Waals surface area contributed by atoms with E-state index in [1.807, 2.05) is 20.8 Å². The molecule has 0 aromatic carbocycles. The van der Waals surface area contributed by atoms with Crippen molar-refractivity contribution in [3.63, 3.8) is 0 Å². The highest BCUT2D eigenvalue weighted by atomic mass is 32.1. The molecular weight excluding hydrogens is 238 g/mol. The Kier molecular flexibility index (Phi) is 4.86. The van der Waals surface area contributed by atoms with E-state index in [1.54, 1.807) is 4.90 Å². The third-order valence-corrected chi connectivity index (χ3v) is 3.00. The maximum atomic E-state index is 11.8. The van der Waals surface area contributed by atoms with Crippen LogP contribution in [0.4, 0.5) is 4.79 Å². The number of nitrogens with zero attached hydrogens (tertiary/aromatic N) is 1. The van der Waals surface area contributed by atoms with E-state index in [2.05, 4.69) is 12.6 Å². The fourth-order valence-electron chi connectivity index (χ4n) is 1.86. The Morgan fingerprint density at radius 1 is 1.41 bits per heavy atom. The van der Waals surface area contributed by atoms with Gasteiger partial charge in [-0.1, -0.05) is 0 Å². The van der Waals surface area contributed by atoms with Crippen molar-refractivity contribution in [1.29, 1.82) is 0 Å². The average molecular weight is 259 g/mol. The van der Waals surface area contributed by atoms with Gasteiger partial charge >= 0.3 is 6.09 Å². The maximum absolute atomic E-state index is 11.8. The molecule has 1 aliphatic rings. The van der Waals surface area contributed by atoms with Crippen LogP contribution >= 0.6 is 12.6 Å². The molecule has 1 fully saturated rings. The fourth-order valence-corrected chi connectivity index (χ4v) is 2.12. The second-order valence-corrected chi connectivity index (χ2v) is 5.71. The van der Waals surface area contributed by atoms with Crippen LogP contribution in [0.2, 0.25) is 0 Å². The van der Waals surface area contributed by atoms with Crippen molar-refractivity contribution in [3.05, 3.63) is 0 Å². The topological polar surface area (TPSA) is 46.6 Å². The van der Waals surface area contributed by atoms with Gasteiger partial charge in [-0.15, -0.1) is 0 Å². The zero-order valence-corrected chi connectivity index (χ0v) is 11.6. The third-order valence-electron chi connectivity index (χ3n) is 2.68. The van der Waals surface area contributed by atoms with Crippen molar-refractivity contribution < 1.29 is 14.3 Å². The Morgan fingerprint density at radius 3 is 2.59 bits per heavy atom. The van der Waals surface area contributed by atoms with Gasteiger partial charge in [-0.05, 0) is 33.6 Å². The summed E-state index contributed by atoms with van der Waals surface area (Å²) in [4.78, 5) is 25.0. The van der Waals surface area contributed by atoms with Crippen molar-refractivity contribution in [1.82, 2.24) is 4.90 Å². The summed E-state index contributed by atoms with van der Waals surface area (Å²) in [5, 5.41) is 0. The molecule has 1 amide bonds. The smallest absolute Gasteiger partial charge is 0.410 e. The minimum absolute atomic E-state index is 0.0752. The van der Waals surface area contributed by atoms with E-state index in [-0.39, 0.29) is 23.5 Å². The molecule has 0 spiro atoms. The molecule has 0 aliphatic carbocycles. The quantitative estimate of drug-likeness (QED) is 0.773. The summed E-state index contributed by atoms with van der Waals surface area (Å²) in [5.41, 5.74) is -0.489. The summed E-state index contributed by atoms with van der Waals surface area (Å²) in [6.45, 7) is 6.65. The lowest BCUT2D eigenvalue weighted by Crippen LogP contribution is -2.44. The van der Waals surface area contributed by atoms with Crippen LogP contribution < -0.4 is 0 Å². The molecule has 0 aromatic rings. The monoisotopic (exact) mass is 259 g/mol. The lowest BCUT2D eigenvalue weighted by molar-refractivity contribution is -0.121. The van der Waals surface area contributed by atoms with Crippen LogP contribution in [-0.4, -0.2) is 41.2 Å². The molecule has 0 saturated carbocycles. The molecule has 0 aromatic heterocycles. The van der Waals surface area contributed by atoms with E-state index in [0.717, 1.165) is 12.8 Å². The van der Waals surface area contributed by atoms with Gasteiger partial charge in [-0.25, -0.2) is 4.79 Å². The van der Waals surface area contributed by atoms with E-state index in [4.69, 9.17) is 4.74 Å². The van der Waals surface area contributed by atoms with Crippen LogP contribution in [0.15, 0.2) is 0 Å². The molecule has 1 heterocycles. The van der Waals surface area contributed by atoms with Gasteiger partial charge in [0.05, 0.1) is 0 Å². The number of likely N-dealkylation sites (tertiary alicyclic amines) is 1. The molecule has 1 aliphatic heterocycles. The number of ether oxygens (including phenoxy) is 1. The van der Waals surface area contributed by atoms with Crippen LogP contribution in [0.5, 0.6) is 0 Å². The number of amides is 1. The standard InChI is InChI=1S/C12H21NO3S/c1-12(2,3)16-11(15)13-6-4-5-9(7-13)10(14)8-17/h9,17H,4-8H2,1-3H3/t9-/m0/s1. The van der Waals surface area contributed by atoms with Gasteiger partial charge in [0, 0.05) is 24.8 Å². The van der Waals surface area contributed by atoms with Gasteiger partial charge in [0.15, 0.2) is 0 Å². The predicted octanol–water partition coefficient (Wildman–Crippen LogP) is 2.13. The SMILES string of the molecule is CC(C)(C)OC(=O)N1CCC[C@H](C(=O)CS)C1. The summed E-state index contributed by atoms with van der Waals surface area (Å²) < 4.78 is 5.30. The lowest BCUT2D eigenvalue weighted by Gasteiger charge is -2.33. The van der Waals surface area contributed by atoms with Gasteiger partial charge in [-0.2, -0.15) is 12.6 Å². The van der Waals surface area contributed by atoms with E-state index in [0.29, 0.717) is 13.1 Å².